The summed E-state index contributed by atoms with van der Waals surface area (Å²) >= 11 is 0. The van der Waals surface area contributed by atoms with Crippen LogP contribution in [0, 0.1) is 6.92 Å². The number of rotatable bonds is 2. The van der Waals surface area contributed by atoms with Crippen LogP contribution in [0.25, 0.3) is 0 Å². The summed E-state index contributed by atoms with van der Waals surface area (Å²) in [5.41, 5.74) is 3.62. The molecule has 3 unspecified atom stereocenters. The number of aryl methyl sites for hydroxylation is 1. The Labute approximate surface area is 121 Å². The van der Waals surface area contributed by atoms with Crippen LogP contribution in [-0.2, 0) is 4.74 Å². The van der Waals surface area contributed by atoms with Gasteiger partial charge in [-0.15, -0.1) is 0 Å². The fraction of sp³-hybridized carbons (Fsp3) is 0.625. The standard InChI is InChI=1S/C16H25N3O/c1-10-5-6-12-13(7-10)19-15(18-12)14-8-11(9-17-14)20-16(2,3)4/h5-7,11,14-15,17-19H,8-9H2,1-4H3. The molecule has 4 nitrogen and oxygen atoms in total. The molecular formula is C16H25N3O. The van der Waals surface area contributed by atoms with Crippen molar-refractivity contribution in [3.8, 4) is 0 Å². The van der Waals surface area contributed by atoms with Crippen LogP contribution >= 0.6 is 0 Å². The molecule has 0 spiro atoms. The molecule has 0 bridgehead atoms. The Hall–Kier alpha value is -1.26. The molecule has 1 saturated heterocycles. The van der Waals surface area contributed by atoms with E-state index in [1.165, 1.54) is 16.9 Å². The van der Waals surface area contributed by atoms with Crippen LogP contribution in [-0.4, -0.2) is 30.5 Å². The number of hydrogen-bond acceptors (Lipinski definition) is 4. The molecular weight excluding hydrogens is 250 g/mol. The Bertz CT molecular complexity index is 495. The third-order valence-corrected chi connectivity index (χ3v) is 3.84. The molecule has 3 atom stereocenters. The molecule has 0 aromatic heterocycles. The number of nitrogens with one attached hydrogen (secondary N) is 3. The zero-order valence-corrected chi connectivity index (χ0v) is 12.8. The molecule has 110 valence electrons. The largest absolute Gasteiger partial charge is 0.371 e. The van der Waals surface area contributed by atoms with Crippen molar-refractivity contribution < 1.29 is 4.74 Å². The number of fused-ring (bicyclic) bond motifs is 1. The van der Waals surface area contributed by atoms with E-state index in [1.807, 2.05) is 0 Å². The smallest absolute Gasteiger partial charge is 0.112 e. The van der Waals surface area contributed by atoms with Crippen molar-refractivity contribution in [2.24, 2.45) is 0 Å². The van der Waals surface area contributed by atoms with Gasteiger partial charge in [0.2, 0.25) is 0 Å². The molecule has 1 fully saturated rings. The minimum Gasteiger partial charge on any atom is -0.371 e. The maximum absolute atomic E-state index is 6.07. The highest BCUT2D eigenvalue weighted by Crippen LogP contribution is 2.32. The first-order valence-electron chi connectivity index (χ1n) is 7.46. The van der Waals surface area contributed by atoms with Crippen LogP contribution in [0.5, 0.6) is 0 Å². The SMILES string of the molecule is Cc1ccc2c(c1)NC(C1CC(OC(C)(C)C)CN1)N2. The maximum atomic E-state index is 6.07. The minimum atomic E-state index is -0.0716. The van der Waals surface area contributed by atoms with E-state index in [9.17, 15) is 0 Å². The topological polar surface area (TPSA) is 45.3 Å². The van der Waals surface area contributed by atoms with Crippen molar-refractivity contribution in [1.29, 1.82) is 0 Å². The van der Waals surface area contributed by atoms with Crippen molar-refractivity contribution >= 4 is 11.4 Å². The van der Waals surface area contributed by atoms with Gasteiger partial charge in [-0.2, -0.15) is 0 Å². The molecule has 2 heterocycles. The first kappa shape index (κ1) is 13.7. The van der Waals surface area contributed by atoms with Gasteiger partial charge in [0.05, 0.1) is 23.1 Å². The van der Waals surface area contributed by atoms with Crippen molar-refractivity contribution in [1.82, 2.24) is 5.32 Å². The molecule has 0 radical (unpaired) electrons. The summed E-state index contributed by atoms with van der Waals surface area (Å²) in [6.07, 6.45) is 1.59. The number of ether oxygens (including phenoxy) is 1. The van der Waals surface area contributed by atoms with Gasteiger partial charge in [0.15, 0.2) is 0 Å². The number of anilines is 2. The van der Waals surface area contributed by atoms with Crippen molar-refractivity contribution in [3.05, 3.63) is 23.8 Å². The Kier molecular flexibility index (Phi) is 3.38. The average molecular weight is 275 g/mol. The van der Waals surface area contributed by atoms with Gasteiger partial charge >= 0.3 is 0 Å². The minimum absolute atomic E-state index is 0.0716. The predicted molar refractivity (Wildman–Crippen MR) is 83.2 cm³/mol. The highest BCUT2D eigenvalue weighted by molar-refractivity contribution is 5.75. The summed E-state index contributed by atoms with van der Waals surface area (Å²) < 4.78 is 6.07. The first-order valence-corrected chi connectivity index (χ1v) is 7.46. The molecule has 0 saturated carbocycles. The van der Waals surface area contributed by atoms with Crippen LogP contribution in [0.2, 0.25) is 0 Å². The molecule has 4 heteroatoms. The molecule has 2 aliphatic heterocycles. The fourth-order valence-electron chi connectivity index (χ4n) is 3.05. The summed E-state index contributed by atoms with van der Waals surface area (Å²) in [6.45, 7) is 9.40. The van der Waals surface area contributed by atoms with Gasteiger partial charge in [-0.05, 0) is 51.8 Å². The van der Waals surface area contributed by atoms with E-state index < -0.39 is 0 Å². The second-order valence-electron chi connectivity index (χ2n) is 6.92. The molecule has 0 amide bonds. The summed E-state index contributed by atoms with van der Waals surface area (Å²) in [5.74, 6) is 0. The predicted octanol–water partition coefficient (Wildman–Crippen LogP) is 2.70. The van der Waals surface area contributed by atoms with E-state index in [2.05, 4.69) is 61.8 Å². The van der Waals surface area contributed by atoms with Crippen LogP contribution in [0.15, 0.2) is 18.2 Å². The van der Waals surface area contributed by atoms with E-state index in [-0.39, 0.29) is 11.8 Å². The lowest BCUT2D eigenvalue weighted by molar-refractivity contribution is -0.0510. The lowest BCUT2D eigenvalue weighted by Crippen LogP contribution is -2.42. The summed E-state index contributed by atoms with van der Waals surface area (Å²) in [4.78, 5) is 0. The summed E-state index contributed by atoms with van der Waals surface area (Å²) in [7, 11) is 0. The second kappa shape index (κ2) is 4.93. The van der Waals surface area contributed by atoms with E-state index in [0.29, 0.717) is 12.1 Å². The van der Waals surface area contributed by atoms with Crippen LogP contribution in [0.1, 0.15) is 32.8 Å². The lowest BCUT2D eigenvalue weighted by Gasteiger charge is -2.25. The van der Waals surface area contributed by atoms with Gasteiger partial charge in [0.25, 0.3) is 0 Å². The van der Waals surface area contributed by atoms with E-state index >= 15 is 0 Å². The second-order valence-corrected chi connectivity index (χ2v) is 6.92. The van der Waals surface area contributed by atoms with Gasteiger partial charge < -0.3 is 20.7 Å². The normalized spacial score (nSPS) is 28.9. The molecule has 20 heavy (non-hydrogen) atoms. The molecule has 3 rings (SSSR count). The van der Waals surface area contributed by atoms with Gasteiger partial charge in [-0.1, -0.05) is 6.07 Å². The maximum Gasteiger partial charge on any atom is 0.112 e. The van der Waals surface area contributed by atoms with Gasteiger partial charge in [0, 0.05) is 12.6 Å². The zero-order chi connectivity index (χ0) is 14.3. The lowest BCUT2D eigenvalue weighted by atomic mass is 10.1. The highest BCUT2D eigenvalue weighted by Gasteiger charge is 2.35. The van der Waals surface area contributed by atoms with Crippen molar-refractivity contribution in [3.63, 3.8) is 0 Å². The van der Waals surface area contributed by atoms with Crippen LogP contribution < -0.4 is 16.0 Å². The van der Waals surface area contributed by atoms with Crippen LogP contribution in [0.3, 0.4) is 0 Å². The Balaban J connectivity index is 1.60. The number of benzene rings is 1. The monoisotopic (exact) mass is 275 g/mol. The Morgan fingerprint density at radius 2 is 1.90 bits per heavy atom. The van der Waals surface area contributed by atoms with Crippen molar-refractivity contribution in [2.75, 3.05) is 17.2 Å². The average Bonchev–Trinajstić information content (AvgIpc) is 2.92. The zero-order valence-electron chi connectivity index (χ0n) is 12.8. The number of hydrogen-bond donors (Lipinski definition) is 3. The molecule has 0 aliphatic carbocycles. The van der Waals surface area contributed by atoms with Gasteiger partial charge in [0.1, 0.15) is 6.17 Å². The van der Waals surface area contributed by atoms with E-state index in [4.69, 9.17) is 4.74 Å². The fourth-order valence-corrected chi connectivity index (χ4v) is 3.05. The molecule has 3 N–H and O–H groups in total. The third kappa shape index (κ3) is 2.91. The van der Waals surface area contributed by atoms with E-state index in [1.54, 1.807) is 0 Å². The van der Waals surface area contributed by atoms with Crippen LogP contribution in [0.4, 0.5) is 11.4 Å². The Morgan fingerprint density at radius 3 is 2.65 bits per heavy atom. The summed E-state index contributed by atoms with van der Waals surface area (Å²) in [6, 6.07) is 6.88. The third-order valence-electron chi connectivity index (χ3n) is 3.84. The van der Waals surface area contributed by atoms with Gasteiger partial charge in [-0.25, -0.2) is 0 Å². The quantitative estimate of drug-likeness (QED) is 0.776. The molecule has 1 aromatic rings. The Morgan fingerprint density at radius 1 is 1.15 bits per heavy atom. The van der Waals surface area contributed by atoms with E-state index in [0.717, 1.165) is 13.0 Å². The van der Waals surface area contributed by atoms with Crippen molar-refractivity contribution in [2.45, 2.75) is 58.0 Å². The highest BCUT2D eigenvalue weighted by atomic mass is 16.5. The first-order chi connectivity index (χ1) is 9.40. The molecule has 2 aliphatic rings. The molecule has 1 aromatic carbocycles. The summed E-state index contributed by atoms with van der Waals surface area (Å²) in [5, 5.41) is 10.7. The van der Waals surface area contributed by atoms with Gasteiger partial charge in [-0.3, -0.25) is 0 Å².